The van der Waals surface area contributed by atoms with Gasteiger partial charge in [0.05, 0.1) is 26.3 Å². The quantitative estimate of drug-likeness (QED) is 0.841. The Morgan fingerprint density at radius 1 is 1.25 bits per heavy atom. The van der Waals surface area contributed by atoms with Gasteiger partial charge in [0.15, 0.2) is 0 Å². The van der Waals surface area contributed by atoms with Crippen molar-refractivity contribution in [3.8, 4) is 11.5 Å². The zero-order valence-electron chi connectivity index (χ0n) is 9.51. The van der Waals surface area contributed by atoms with E-state index in [-0.39, 0.29) is 11.3 Å². The van der Waals surface area contributed by atoms with Crippen LogP contribution in [0.4, 0.5) is 8.78 Å². The van der Waals surface area contributed by atoms with Gasteiger partial charge in [-0.25, -0.2) is 0 Å². The molecular formula is C11H15F2NO2. The second-order valence-corrected chi connectivity index (χ2v) is 3.30. The predicted octanol–water partition coefficient (Wildman–Crippen LogP) is 2.01. The highest BCUT2D eigenvalue weighted by molar-refractivity contribution is 5.43. The fourth-order valence-corrected chi connectivity index (χ4v) is 1.42. The third kappa shape index (κ3) is 2.61. The first-order valence-electron chi connectivity index (χ1n) is 4.80. The monoisotopic (exact) mass is 231 g/mol. The highest BCUT2D eigenvalue weighted by atomic mass is 19.3. The van der Waals surface area contributed by atoms with Crippen LogP contribution < -0.4 is 14.8 Å². The molecule has 0 radical (unpaired) electrons. The minimum atomic E-state index is -2.99. The lowest BCUT2D eigenvalue weighted by atomic mass is 10.1. The molecule has 0 amide bonds. The second-order valence-electron chi connectivity index (χ2n) is 3.30. The van der Waals surface area contributed by atoms with E-state index < -0.39 is 12.5 Å². The largest absolute Gasteiger partial charge is 0.497 e. The lowest BCUT2D eigenvalue weighted by Crippen LogP contribution is -2.28. The summed E-state index contributed by atoms with van der Waals surface area (Å²) < 4.78 is 37.3. The van der Waals surface area contributed by atoms with Gasteiger partial charge in [-0.2, -0.15) is 8.78 Å². The molecule has 0 unspecified atom stereocenters. The first-order valence-corrected chi connectivity index (χ1v) is 4.80. The number of ether oxygens (including phenoxy) is 2. The first-order chi connectivity index (χ1) is 7.55. The molecule has 1 aromatic carbocycles. The molecule has 0 aliphatic rings. The molecule has 0 heterocycles. The molecule has 0 spiro atoms. The number of methoxy groups -OCH3 is 2. The summed E-state index contributed by atoms with van der Waals surface area (Å²) in [5.41, 5.74) is -0.177. The van der Waals surface area contributed by atoms with Crippen molar-refractivity contribution in [3.05, 3.63) is 23.8 Å². The zero-order valence-corrected chi connectivity index (χ0v) is 9.51. The number of likely N-dealkylation sites (N-methyl/N-ethyl adjacent to an activating group) is 1. The van der Waals surface area contributed by atoms with Crippen LogP contribution in [0.25, 0.3) is 0 Å². The predicted molar refractivity (Wildman–Crippen MR) is 57.4 cm³/mol. The van der Waals surface area contributed by atoms with E-state index in [1.165, 1.54) is 33.4 Å². The van der Waals surface area contributed by atoms with Crippen molar-refractivity contribution in [3.63, 3.8) is 0 Å². The minimum absolute atomic E-state index is 0.154. The number of benzene rings is 1. The maximum Gasteiger partial charge on any atom is 0.289 e. The van der Waals surface area contributed by atoms with Crippen LogP contribution in [0.2, 0.25) is 0 Å². The zero-order chi connectivity index (χ0) is 12.2. The Labute approximate surface area is 93.4 Å². The van der Waals surface area contributed by atoms with E-state index in [9.17, 15) is 8.78 Å². The van der Waals surface area contributed by atoms with Crippen molar-refractivity contribution < 1.29 is 18.3 Å². The van der Waals surface area contributed by atoms with E-state index in [2.05, 4.69) is 5.32 Å². The molecule has 3 nitrogen and oxygen atoms in total. The van der Waals surface area contributed by atoms with Gasteiger partial charge in [-0.3, -0.25) is 0 Å². The topological polar surface area (TPSA) is 30.5 Å². The molecule has 0 fully saturated rings. The summed E-state index contributed by atoms with van der Waals surface area (Å²) in [5.74, 6) is -2.46. The lowest BCUT2D eigenvalue weighted by Gasteiger charge is -2.19. The van der Waals surface area contributed by atoms with Crippen LogP contribution in [-0.2, 0) is 5.92 Å². The van der Waals surface area contributed by atoms with Crippen LogP contribution in [-0.4, -0.2) is 27.8 Å². The third-order valence-corrected chi connectivity index (χ3v) is 2.20. The van der Waals surface area contributed by atoms with E-state index in [4.69, 9.17) is 9.47 Å². The second kappa shape index (κ2) is 5.12. The van der Waals surface area contributed by atoms with Gasteiger partial charge in [0.25, 0.3) is 5.92 Å². The first kappa shape index (κ1) is 12.7. The van der Waals surface area contributed by atoms with E-state index in [0.717, 1.165) is 0 Å². The summed E-state index contributed by atoms with van der Waals surface area (Å²) in [4.78, 5) is 0. The molecule has 0 aliphatic heterocycles. The molecule has 1 aromatic rings. The van der Waals surface area contributed by atoms with Gasteiger partial charge in [0.1, 0.15) is 11.5 Å². The van der Waals surface area contributed by atoms with Crippen LogP contribution in [0.1, 0.15) is 5.56 Å². The van der Waals surface area contributed by atoms with Crippen LogP contribution in [0.15, 0.2) is 18.2 Å². The lowest BCUT2D eigenvalue weighted by molar-refractivity contribution is -0.00360. The Balaban J connectivity index is 3.17. The summed E-state index contributed by atoms with van der Waals surface area (Å²) >= 11 is 0. The number of alkyl halides is 2. The summed E-state index contributed by atoms with van der Waals surface area (Å²) in [6.07, 6.45) is 0. The SMILES string of the molecule is CNCC(F)(F)c1cc(OC)ccc1OC. The Morgan fingerprint density at radius 2 is 1.94 bits per heavy atom. The number of rotatable bonds is 5. The van der Waals surface area contributed by atoms with Crippen LogP contribution in [0, 0.1) is 0 Å². The van der Waals surface area contributed by atoms with E-state index >= 15 is 0 Å². The fraction of sp³-hybridized carbons (Fsp3) is 0.455. The summed E-state index contributed by atoms with van der Waals surface area (Å²) in [7, 11) is 4.27. The summed E-state index contributed by atoms with van der Waals surface area (Å²) in [6, 6.07) is 4.34. The molecule has 0 saturated carbocycles. The Morgan fingerprint density at radius 3 is 2.44 bits per heavy atom. The van der Waals surface area contributed by atoms with Crippen molar-refractivity contribution in [2.24, 2.45) is 0 Å². The standard InChI is InChI=1S/C11H15F2NO2/c1-14-7-11(12,13)9-6-8(15-2)4-5-10(9)16-3/h4-6,14H,7H2,1-3H3. The van der Waals surface area contributed by atoms with Gasteiger partial charge >= 0.3 is 0 Å². The number of halogens is 2. The van der Waals surface area contributed by atoms with Crippen LogP contribution in [0.5, 0.6) is 11.5 Å². The number of hydrogen-bond donors (Lipinski definition) is 1. The van der Waals surface area contributed by atoms with Crippen LogP contribution in [0.3, 0.4) is 0 Å². The maximum atomic E-state index is 13.7. The highest BCUT2D eigenvalue weighted by Crippen LogP contribution is 2.36. The van der Waals surface area contributed by atoms with E-state index in [0.29, 0.717) is 5.75 Å². The molecule has 90 valence electrons. The normalized spacial score (nSPS) is 11.3. The maximum absolute atomic E-state index is 13.7. The van der Waals surface area contributed by atoms with Crippen molar-refractivity contribution in [1.82, 2.24) is 5.32 Å². The molecule has 0 saturated heterocycles. The molecule has 0 aliphatic carbocycles. The van der Waals surface area contributed by atoms with Crippen molar-refractivity contribution in [1.29, 1.82) is 0 Å². The summed E-state index contributed by atoms with van der Waals surface area (Å²) in [5, 5.41) is 2.45. The average Bonchev–Trinajstić information content (AvgIpc) is 2.28. The average molecular weight is 231 g/mol. The molecule has 5 heteroatoms. The molecule has 0 atom stereocenters. The van der Waals surface area contributed by atoms with Crippen molar-refractivity contribution in [2.45, 2.75) is 5.92 Å². The molecule has 1 rings (SSSR count). The highest BCUT2D eigenvalue weighted by Gasteiger charge is 2.34. The minimum Gasteiger partial charge on any atom is -0.497 e. The van der Waals surface area contributed by atoms with Gasteiger partial charge in [0.2, 0.25) is 0 Å². The smallest absolute Gasteiger partial charge is 0.289 e. The Hall–Kier alpha value is -1.36. The van der Waals surface area contributed by atoms with Gasteiger partial charge < -0.3 is 14.8 Å². The Bertz CT molecular complexity index is 356. The van der Waals surface area contributed by atoms with E-state index in [1.807, 2.05) is 0 Å². The van der Waals surface area contributed by atoms with Gasteiger partial charge in [-0.15, -0.1) is 0 Å². The van der Waals surface area contributed by atoms with E-state index in [1.54, 1.807) is 6.07 Å². The molecular weight excluding hydrogens is 216 g/mol. The van der Waals surface area contributed by atoms with Crippen LogP contribution >= 0.6 is 0 Å². The summed E-state index contributed by atoms with van der Waals surface area (Å²) in [6.45, 7) is -0.448. The number of nitrogens with one attached hydrogen (secondary N) is 1. The number of hydrogen-bond acceptors (Lipinski definition) is 3. The molecule has 0 bridgehead atoms. The van der Waals surface area contributed by atoms with Crippen molar-refractivity contribution in [2.75, 3.05) is 27.8 Å². The molecule has 16 heavy (non-hydrogen) atoms. The van der Waals surface area contributed by atoms with Gasteiger partial charge in [-0.1, -0.05) is 0 Å². The molecule has 0 aromatic heterocycles. The van der Waals surface area contributed by atoms with Gasteiger partial charge in [-0.05, 0) is 25.2 Å². The fourth-order valence-electron chi connectivity index (χ4n) is 1.42. The van der Waals surface area contributed by atoms with Gasteiger partial charge in [0, 0.05) is 0 Å². The van der Waals surface area contributed by atoms with Crippen molar-refractivity contribution >= 4 is 0 Å². The Kier molecular flexibility index (Phi) is 4.06. The third-order valence-electron chi connectivity index (χ3n) is 2.20. The molecule has 1 N–H and O–H groups in total.